The zero-order valence-electron chi connectivity index (χ0n) is 13.6. The van der Waals surface area contributed by atoms with E-state index in [0.717, 1.165) is 31.9 Å². The maximum atomic E-state index is 4.66. The van der Waals surface area contributed by atoms with Crippen molar-refractivity contribution in [2.45, 2.75) is 32.2 Å². The monoisotopic (exact) mass is 340 g/mol. The molecule has 0 saturated carbocycles. The van der Waals surface area contributed by atoms with E-state index in [0.29, 0.717) is 17.4 Å². The summed E-state index contributed by atoms with van der Waals surface area (Å²) in [6.45, 7) is 5.40. The van der Waals surface area contributed by atoms with E-state index in [4.69, 9.17) is 0 Å². The predicted molar refractivity (Wildman–Crippen MR) is 93.7 cm³/mol. The van der Waals surface area contributed by atoms with E-state index in [1.54, 1.807) is 18.6 Å². The Balaban J connectivity index is 1.46. The Bertz CT molecular complexity index is 796. The molecule has 24 heavy (non-hydrogen) atoms. The molecule has 1 atom stereocenters. The summed E-state index contributed by atoms with van der Waals surface area (Å²) in [6, 6.07) is 2.20. The molecule has 0 spiro atoms. The smallest absolute Gasteiger partial charge is 0.201 e. The zero-order valence-corrected chi connectivity index (χ0v) is 14.5. The lowest BCUT2D eigenvalue weighted by atomic mass is 9.97. The number of piperidine rings is 1. The fourth-order valence-electron chi connectivity index (χ4n) is 3.18. The van der Waals surface area contributed by atoms with Crippen molar-refractivity contribution in [1.82, 2.24) is 30.0 Å². The number of aromatic nitrogens is 5. The van der Waals surface area contributed by atoms with Crippen LogP contribution < -0.4 is 0 Å². The Hall–Kier alpha value is -2.12. The standard InChI is InChI=1S/C17H20N6S/c1-12-4-8-24-15(12)11-23-7-2-3-13(10-23)16-20-17(22-21-16)14-9-18-5-6-19-14/h4-6,8-9,13H,2-3,7,10-11H2,1H3,(H,20,21,22). The second-order valence-electron chi connectivity index (χ2n) is 6.24. The summed E-state index contributed by atoms with van der Waals surface area (Å²) in [4.78, 5) is 17.0. The van der Waals surface area contributed by atoms with Crippen LogP contribution in [0.5, 0.6) is 0 Å². The highest BCUT2D eigenvalue weighted by atomic mass is 32.1. The van der Waals surface area contributed by atoms with E-state index in [1.165, 1.54) is 16.9 Å². The number of nitrogens with zero attached hydrogens (tertiary/aromatic N) is 5. The van der Waals surface area contributed by atoms with Crippen molar-refractivity contribution in [2.75, 3.05) is 13.1 Å². The Labute approximate surface area is 145 Å². The molecule has 6 nitrogen and oxygen atoms in total. The van der Waals surface area contributed by atoms with Crippen molar-refractivity contribution >= 4 is 11.3 Å². The predicted octanol–water partition coefficient (Wildman–Crippen LogP) is 3.01. The number of rotatable bonds is 4. The summed E-state index contributed by atoms with van der Waals surface area (Å²) in [5.74, 6) is 1.99. The van der Waals surface area contributed by atoms with E-state index in [2.05, 4.69) is 48.4 Å². The van der Waals surface area contributed by atoms with Gasteiger partial charge in [0.15, 0.2) is 0 Å². The van der Waals surface area contributed by atoms with Crippen LogP contribution in [-0.4, -0.2) is 43.1 Å². The molecule has 0 amide bonds. The molecule has 0 radical (unpaired) electrons. The van der Waals surface area contributed by atoms with Gasteiger partial charge >= 0.3 is 0 Å². The molecule has 1 N–H and O–H groups in total. The first-order valence-corrected chi connectivity index (χ1v) is 9.11. The molecule has 1 saturated heterocycles. The SMILES string of the molecule is Cc1ccsc1CN1CCCC(c2nc(-c3cnccn3)n[nH]2)C1. The van der Waals surface area contributed by atoms with Crippen LogP contribution >= 0.6 is 11.3 Å². The number of thiophene rings is 1. The lowest BCUT2D eigenvalue weighted by Gasteiger charge is -2.31. The van der Waals surface area contributed by atoms with Gasteiger partial charge in [0.25, 0.3) is 0 Å². The third kappa shape index (κ3) is 3.22. The molecule has 1 fully saturated rings. The number of hydrogen-bond acceptors (Lipinski definition) is 6. The first kappa shape index (κ1) is 15.4. The molecule has 4 heterocycles. The highest BCUT2D eigenvalue weighted by Crippen LogP contribution is 2.28. The molecule has 0 aromatic carbocycles. The molecule has 1 aliphatic rings. The van der Waals surface area contributed by atoms with Gasteiger partial charge in [-0.2, -0.15) is 5.10 Å². The summed E-state index contributed by atoms with van der Waals surface area (Å²) in [7, 11) is 0. The second-order valence-corrected chi connectivity index (χ2v) is 7.24. The molecule has 3 aromatic heterocycles. The van der Waals surface area contributed by atoms with Crippen LogP contribution in [0.1, 0.15) is 35.0 Å². The molecule has 1 aliphatic heterocycles. The minimum Gasteiger partial charge on any atom is -0.298 e. The maximum absolute atomic E-state index is 4.66. The van der Waals surface area contributed by atoms with Crippen LogP contribution in [-0.2, 0) is 6.54 Å². The van der Waals surface area contributed by atoms with Crippen LogP contribution in [0.25, 0.3) is 11.5 Å². The van der Waals surface area contributed by atoms with Gasteiger partial charge in [-0.3, -0.25) is 15.0 Å². The van der Waals surface area contributed by atoms with Crippen LogP contribution in [0.4, 0.5) is 0 Å². The minimum absolute atomic E-state index is 0.400. The first-order chi connectivity index (χ1) is 11.8. The van der Waals surface area contributed by atoms with Gasteiger partial charge in [-0.25, -0.2) is 9.97 Å². The Kier molecular flexibility index (Phi) is 4.36. The number of aromatic amines is 1. The number of H-pyrrole nitrogens is 1. The summed E-state index contributed by atoms with van der Waals surface area (Å²) in [5, 5.41) is 9.61. The van der Waals surface area contributed by atoms with Gasteiger partial charge in [0.2, 0.25) is 5.82 Å². The average Bonchev–Trinajstić information content (AvgIpc) is 3.26. The summed E-state index contributed by atoms with van der Waals surface area (Å²) in [6.07, 6.45) is 7.35. The number of likely N-dealkylation sites (tertiary alicyclic amines) is 1. The molecular formula is C17H20N6S. The highest BCUT2D eigenvalue weighted by Gasteiger charge is 2.25. The quantitative estimate of drug-likeness (QED) is 0.790. The summed E-state index contributed by atoms with van der Waals surface area (Å²) >= 11 is 1.85. The van der Waals surface area contributed by atoms with E-state index in [9.17, 15) is 0 Å². The Morgan fingerprint density at radius 1 is 1.38 bits per heavy atom. The van der Waals surface area contributed by atoms with Gasteiger partial charge in [-0.1, -0.05) is 0 Å². The van der Waals surface area contributed by atoms with Crippen molar-refractivity contribution in [3.63, 3.8) is 0 Å². The molecule has 124 valence electrons. The second kappa shape index (κ2) is 6.78. The zero-order chi connectivity index (χ0) is 16.4. The lowest BCUT2D eigenvalue weighted by Crippen LogP contribution is -2.34. The van der Waals surface area contributed by atoms with Crippen LogP contribution in [0.2, 0.25) is 0 Å². The van der Waals surface area contributed by atoms with Crippen molar-refractivity contribution in [1.29, 1.82) is 0 Å². The molecule has 4 rings (SSSR count). The van der Waals surface area contributed by atoms with E-state index < -0.39 is 0 Å². The third-order valence-electron chi connectivity index (χ3n) is 4.52. The third-order valence-corrected chi connectivity index (χ3v) is 5.53. The van der Waals surface area contributed by atoms with Crippen LogP contribution in [0.15, 0.2) is 30.0 Å². The molecule has 0 aliphatic carbocycles. The van der Waals surface area contributed by atoms with E-state index in [-0.39, 0.29) is 0 Å². The number of aryl methyl sites for hydroxylation is 1. The van der Waals surface area contributed by atoms with Crippen LogP contribution in [0, 0.1) is 6.92 Å². The van der Waals surface area contributed by atoms with Crippen molar-refractivity contribution in [2.24, 2.45) is 0 Å². The largest absolute Gasteiger partial charge is 0.298 e. The Morgan fingerprint density at radius 2 is 2.33 bits per heavy atom. The average molecular weight is 340 g/mol. The van der Waals surface area contributed by atoms with Gasteiger partial charge in [0.05, 0.1) is 6.20 Å². The molecule has 1 unspecified atom stereocenters. The Morgan fingerprint density at radius 3 is 3.12 bits per heavy atom. The number of hydrogen-bond donors (Lipinski definition) is 1. The molecule has 7 heteroatoms. The fraction of sp³-hybridized carbons (Fsp3) is 0.412. The highest BCUT2D eigenvalue weighted by molar-refractivity contribution is 7.10. The van der Waals surface area contributed by atoms with Gasteiger partial charge in [-0.05, 0) is 43.3 Å². The maximum Gasteiger partial charge on any atom is 0.201 e. The van der Waals surface area contributed by atoms with Crippen molar-refractivity contribution in [3.8, 4) is 11.5 Å². The van der Waals surface area contributed by atoms with E-state index >= 15 is 0 Å². The molecule has 3 aromatic rings. The van der Waals surface area contributed by atoms with E-state index in [1.807, 2.05) is 11.3 Å². The normalized spacial score (nSPS) is 18.8. The van der Waals surface area contributed by atoms with Crippen molar-refractivity contribution < 1.29 is 0 Å². The lowest BCUT2D eigenvalue weighted by molar-refractivity contribution is 0.198. The fourth-order valence-corrected chi connectivity index (χ4v) is 4.12. The molecular weight excluding hydrogens is 320 g/mol. The van der Waals surface area contributed by atoms with Gasteiger partial charge in [0.1, 0.15) is 11.5 Å². The van der Waals surface area contributed by atoms with Gasteiger partial charge < -0.3 is 0 Å². The first-order valence-electron chi connectivity index (χ1n) is 8.23. The van der Waals surface area contributed by atoms with Gasteiger partial charge in [0, 0.05) is 36.3 Å². The van der Waals surface area contributed by atoms with Crippen LogP contribution in [0.3, 0.4) is 0 Å². The summed E-state index contributed by atoms with van der Waals surface area (Å²) < 4.78 is 0. The topological polar surface area (TPSA) is 70.6 Å². The molecule has 0 bridgehead atoms. The van der Waals surface area contributed by atoms with Crippen molar-refractivity contribution in [3.05, 3.63) is 46.3 Å². The number of nitrogens with one attached hydrogen (secondary N) is 1. The van der Waals surface area contributed by atoms with Gasteiger partial charge in [-0.15, -0.1) is 11.3 Å². The summed E-state index contributed by atoms with van der Waals surface area (Å²) in [5.41, 5.74) is 2.11. The minimum atomic E-state index is 0.400.